The number of piperidine rings is 1. The van der Waals surface area contributed by atoms with Crippen LogP contribution in [0.2, 0.25) is 0 Å². The van der Waals surface area contributed by atoms with Crippen LogP contribution in [0.4, 0.5) is 5.95 Å². The normalized spacial score (nSPS) is 18.4. The molecule has 28 heavy (non-hydrogen) atoms. The molecular weight excluding hydrogens is 372 g/mol. The van der Waals surface area contributed by atoms with Crippen molar-refractivity contribution < 1.29 is 9.53 Å². The van der Waals surface area contributed by atoms with E-state index in [2.05, 4.69) is 49.0 Å². The third kappa shape index (κ3) is 5.10. The molecule has 1 atom stereocenters. The van der Waals surface area contributed by atoms with Crippen LogP contribution < -0.4 is 10.6 Å². The van der Waals surface area contributed by atoms with Crippen molar-refractivity contribution in [1.29, 1.82) is 0 Å². The number of hydrogen-bond acceptors (Lipinski definition) is 7. The van der Waals surface area contributed by atoms with E-state index in [1.54, 1.807) is 17.5 Å². The summed E-state index contributed by atoms with van der Waals surface area (Å²) in [7, 11) is 1.42. The molecular formula is C21H28N4O2S. The predicted molar refractivity (Wildman–Crippen MR) is 113 cm³/mol. The highest BCUT2D eigenvalue weighted by atomic mass is 32.1. The SMILES string of the molecule is C=C1CC(Nc2nccc(-c3cc(C)c(CCC(=O)OC)s3)n2)CC(C)(C)N1. The van der Waals surface area contributed by atoms with E-state index in [0.717, 1.165) is 29.1 Å². The minimum atomic E-state index is -0.186. The minimum Gasteiger partial charge on any atom is -0.469 e. The number of thiophene rings is 1. The minimum absolute atomic E-state index is 0.00398. The van der Waals surface area contributed by atoms with E-state index in [4.69, 9.17) is 9.72 Å². The Bertz CT molecular complexity index is 875. The monoisotopic (exact) mass is 400 g/mol. The molecule has 2 aromatic heterocycles. The van der Waals surface area contributed by atoms with Gasteiger partial charge in [-0.05, 0) is 51.3 Å². The molecule has 1 aliphatic rings. The maximum absolute atomic E-state index is 11.4. The maximum atomic E-state index is 11.4. The summed E-state index contributed by atoms with van der Waals surface area (Å²) in [6, 6.07) is 4.30. The number of esters is 1. The molecule has 7 heteroatoms. The average molecular weight is 401 g/mol. The van der Waals surface area contributed by atoms with Crippen LogP contribution in [0.3, 0.4) is 0 Å². The summed E-state index contributed by atoms with van der Waals surface area (Å²) >= 11 is 1.67. The topological polar surface area (TPSA) is 76.1 Å². The number of nitrogens with zero attached hydrogens (tertiary/aromatic N) is 2. The van der Waals surface area contributed by atoms with Gasteiger partial charge in [0.2, 0.25) is 5.95 Å². The number of hydrogen-bond donors (Lipinski definition) is 2. The van der Waals surface area contributed by atoms with Gasteiger partial charge in [-0.25, -0.2) is 9.97 Å². The maximum Gasteiger partial charge on any atom is 0.305 e. The second-order valence-electron chi connectivity index (χ2n) is 7.92. The Kier molecular flexibility index (Phi) is 6.03. The highest BCUT2D eigenvalue weighted by molar-refractivity contribution is 7.15. The molecule has 3 heterocycles. The lowest BCUT2D eigenvalue weighted by Crippen LogP contribution is -2.48. The van der Waals surface area contributed by atoms with Gasteiger partial charge in [0.05, 0.1) is 24.1 Å². The molecule has 1 saturated heterocycles. The summed E-state index contributed by atoms with van der Waals surface area (Å²) in [5.74, 6) is 0.449. The average Bonchev–Trinajstić information content (AvgIpc) is 2.99. The Hall–Kier alpha value is -2.41. The Morgan fingerprint density at radius 1 is 1.50 bits per heavy atom. The van der Waals surface area contributed by atoms with Gasteiger partial charge in [0.15, 0.2) is 0 Å². The molecule has 3 rings (SSSR count). The van der Waals surface area contributed by atoms with Crippen molar-refractivity contribution in [1.82, 2.24) is 15.3 Å². The number of methoxy groups -OCH3 is 1. The van der Waals surface area contributed by atoms with Gasteiger partial charge < -0.3 is 15.4 Å². The number of carbonyl (C=O) groups excluding carboxylic acids is 1. The number of ether oxygens (including phenoxy) is 1. The van der Waals surface area contributed by atoms with E-state index in [1.807, 2.05) is 6.07 Å². The first-order valence-corrected chi connectivity index (χ1v) is 10.3. The highest BCUT2D eigenvalue weighted by Gasteiger charge is 2.29. The molecule has 0 bridgehead atoms. The number of nitrogens with one attached hydrogen (secondary N) is 2. The third-order valence-corrected chi connectivity index (χ3v) is 6.13. The van der Waals surface area contributed by atoms with Crippen LogP contribution in [0, 0.1) is 6.92 Å². The van der Waals surface area contributed by atoms with Gasteiger partial charge in [0.25, 0.3) is 0 Å². The lowest BCUT2D eigenvalue weighted by Gasteiger charge is -2.38. The van der Waals surface area contributed by atoms with E-state index in [1.165, 1.54) is 17.6 Å². The van der Waals surface area contributed by atoms with Crippen molar-refractivity contribution in [2.45, 2.75) is 58.0 Å². The lowest BCUT2D eigenvalue weighted by molar-refractivity contribution is -0.140. The molecule has 0 aromatic carbocycles. The highest BCUT2D eigenvalue weighted by Crippen LogP contribution is 2.32. The second kappa shape index (κ2) is 8.31. The molecule has 1 aliphatic heterocycles. The van der Waals surface area contributed by atoms with Crippen LogP contribution >= 0.6 is 11.3 Å². The molecule has 0 spiro atoms. The van der Waals surface area contributed by atoms with Crippen LogP contribution in [-0.2, 0) is 16.0 Å². The molecule has 0 saturated carbocycles. The Morgan fingerprint density at radius 3 is 3.00 bits per heavy atom. The van der Waals surface area contributed by atoms with Crippen molar-refractivity contribution in [3.05, 3.63) is 41.0 Å². The molecule has 0 aliphatic carbocycles. The van der Waals surface area contributed by atoms with Crippen LogP contribution in [-0.4, -0.2) is 34.6 Å². The first kappa shape index (κ1) is 20.3. The third-order valence-electron chi connectivity index (χ3n) is 4.81. The first-order valence-electron chi connectivity index (χ1n) is 9.48. The van der Waals surface area contributed by atoms with Gasteiger partial charge in [0, 0.05) is 34.8 Å². The number of anilines is 1. The van der Waals surface area contributed by atoms with Gasteiger partial charge in [-0.15, -0.1) is 11.3 Å². The first-order chi connectivity index (χ1) is 13.3. The molecule has 2 aromatic rings. The molecule has 150 valence electrons. The fourth-order valence-electron chi connectivity index (χ4n) is 3.63. The Balaban J connectivity index is 1.73. The summed E-state index contributed by atoms with van der Waals surface area (Å²) in [5, 5.41) is 6.90. The van der Waals surface area contributed by atoms with E-state index in [9.17, 15) is 4.79 Å². The van der Waals surface area contributed by atoms with Crippen molar-refractivity contribution >= 4 is 23.3 Å². The molecule has 6 nitrogen and oxygen atoms in total. The van der Waals surface area contributed by atoms with Crippen LogP contribution in [0.25, 0.3) is 10.6 Å². The zero-order valence-corrected chi connectivity index (χ0v) is 17.8. The Morgan fingerprint density at radius 2 is 2.29 bits per heavy atom. The van der Waals surface area contributed by atoms with Gasteiger partial charge in [0.1, 0.15) is 0 Å². The van der Waals surface area contributed by atoms with Crippen LogP contribution in [0.5, 0.6) is 0 Å². The van der Waals surface area contributed by atoms with E-state index < -0.39 is 0 Å². The zero-order valence-electron chi connectivity index (χ0n) is 17.0. The van der Waals surface area contributed by atoms with Crippen molar-refractivity contribution in [2.75, 3.05) is 12.4 Å². The van der Waals surface area contributed by atoms with E-state index >= 15 is 0 Å². The summed E-state index contributed by atoms with van der Waals surface area (Å²) in [4.78, 5) is 22.8. The molecule has 0 amide bonds. The zero-order chi connectivity index (χ0) is 20.3. The van der Waals surface area contributed by atoms with Crippen molar-refractivity contribution in [3.63, 3.8) is 0 Å². The summed E-state index contributed by atoms with van der Waals surface area (Å²) in [5.41, 5.74) is 3.11. The van der Waals surface area contributed by atoms with Gasteiger partial charge in [-0.1, -0.05) is 6.58 Å². The largest absolute Gasteiger partial charge is 0.469 e. The number of aryl methyl sites for hydroxylation is 2. The number of aromatic nitrogens is 2. The van der Waals surface area contributed by atoms with Crippen LogP contribution in [0.1, 0.15) is 43.6 Å². The van der Waals surface area contributed by atoms with Crippen LogP contribution in [0.15, 0.2) is 30.6 Å². The number of rotatable bonds is 6. The summed E-state index contributed by atoms with van der Waals surface area (Å²) in [6.07, 6.45) is 4.69. The predicted octanol–water partition coefficient (Wildman–Crippen LogP) is 4.08. The van der Waals surface area contributed by atoms with Crippen molar-refractivity contribution in [2.24, 2.45) is 0 Å². The lowest BCUT2D eigenvalue weighted by atomic mass is 9.88. The summed E-state index contributed by atoms with van der Waals surface area (Å²) in [6.45, 7) is 10.5. The fourth-order valence-corrected chi connectivity index (χ4v) is 4.77. The van der Waals surface area contributed by atoms with Gasteiger partial charge in [-0.3, -0.25) is 4.79 Å². The molecule has 1 fully saturated rings. The molecule has 0 radical (unpaired) electrons. The van der Waals surface area contributed by atoms with E-state index in [-0.39, 0.29) is 17.6 Å². The second-order valence-corrected chi connectivity index (χ2v) is 9.06. The quantitative estimate of drug-likeness (QED) is 0.712. The molecule has 1 unspecified atom stereocenters. The van der Waals surface area contributed by atoms with Gasteiger partial charge >= 0.3 is 5.97 Å². The van der Waals surface area contributed by atoms with Gasteiger partial charge in [-0.2, -0.15) is 0 Å². The fraction of sp³-hybridized carbons (Fsp3) is 0.476. The van der Waals surface area contributed by atoms with E-state index in [0.29, 0.717) is 18.8 Å². The number of carbonyl (C=O) groups is 1. The van der Waals surface area contributed by atoms with Crippen molar-refractivity contribution in [3.8, 4) is 10.6 Å². The molecule has 2 N–H and O–H groups in total. The Labute approximate surface area is 170 Å². The standard InChI is InChI=1S/C21H28N4O2S/c1-13-10-18(28-17(13)6-7-19(26)27-5)16-8-9-22-20(24-16)23-15-11-14(2)25-21(3,4)12-15/h8-10,15,25H,2,6-7,11-12H2,1,3-5H3,(H,22,23,24). The smallest absolute Gasteiger partial charge is 0.305 e. The summed E-state index contributed by atoms with van der Waals surface area (Å²) < 4.78 is 4.74.